The van der Waals surface area contributed by atoms with Crippen LogP contribution in [0.15, 0.2) is 29.4 Å². The number of halogens is 3. The van der Waals surface area contributed by atoms with Gasteiger partial charge in [-0.2, -0.15) is 18.3 Å². The van der Waals surface area contributed by atoms with Gasteiger partial charge in [-0.25, -0.2) is 9.80 Å². The van der Waals surface area contributed by atoms with Gasteiger partial charge in [-0.15, -0.1) is 0 Å². The van der Waals surface area contributed by atoms with Gasteiger partial charge in [0.05, 0.1) is 18.0 Å². The molecule has 1 atom stereocenters. The predicted molar refractivity (Wildman–Crippen MR) is 76.0 cm³/mol. The standard InChI is InChI=1S/C15H15F3N2O3/c1-9(10-2-4-11(5-3-10)14(22)23)20-13(21)8-12(19-20)6-7-15(16,17)18/h2-5,9H,6-8H2,1H3,(H,22,23). The van der Waals surface area contributed by atoms with Gasteiger partial charge >= 0.3 is 12.1 Å². The molecule has 0 aromatic heterocycles. The number of hydrogen-bond donors (Lipinski definition) is 1. The molecule has 124 valence electrons. The number of carbonyl (C=O) groups excluding carboxylic acids is 1. The molecule has 1 heterocycles. The zero-order chi connectivity index (χ0) is 17.2. The molecule has 1 unspecified atom stereocenters. The maximum atomic E-state index is 12.2. The molecule has 0 saturated carbocycles. The Morgan fingerprint density at radius 3 is 2.48 bits per heavy atom. The zero-order valence-corrected chi connectivity index (χ0v) is 12.3. The van der Waals surface area contributed by atoms with E-state index in [0.29, 0.717) is 5.56 Å². The second-order valence-electron chi connectivity index (χ2n) is 5.30. The number of carbonyl (C=O) groups is 2. The lowest BCUT2D eigenvalue weighted by molar-refractivity contribution is -0.133. The normalized spacial score (nSPS) is 16.4. The summed E-state index contributed by atoms with van der Waals surface area (Å²) in [4.78, 5) is 22.7. The van der Waals surface area contributed by atoms with Gasteiger partial charge in [0.25, 0.3) is 0 Å². The van der Waals surface area contributed by atoms with Crippen LogP contribution in [-0.4, -0.2) is 33.9 Å². The minimum atomic E-state index is -4.28. The van der Waals surface area contributed by atoms with Crippen LogP contribution in [0.25, 0.3) is 0 Å². The lowest BCUT2D eigenvalue weighted by atomic mass is 10.1. The molecule has 8 heteroatoms. The molecule has 5 nitrogen and oxygen atoms in total. The van der Waals surface area contributed by atoms with Crippen molar-refractivity contribution in [1.82, 2.24) is 5.01 Å². The van der Waals surface area contributed by atoms with Crippen LogP contribution in [0.4, 0.5) is 13.2 Å². The van der Waals surface area contributed by atoms with Crippen molar-refractivity contribution >= 4 is 17.6 Å². The Hall–Kier alpha value is -2.38. The van der Waals surface area contributed by atoms with Crippen LogP contribution in [0.5, 0.6) is 0 Å². The van der Waals surface area contributed by atoms with Crippen LogP contribution in [0.2, 0.25) is 0 Å². The molecule has 1 amide bonds. The molecule has 0 saturated heterocycles. The van der Waals surface area contributed by atoms with Crippen molar-refractivity contribution in [2.75, 3.05) is 0 Å². The summed E-state index contributed by atoms with van der Waals surface area (Å²) in [6.07, 6.45) is -5.70. The number of carboxylic acids is 1. The number of aromatic carboxylic acids is 1. The molecule has 23 heavy (non-hydrogen) atoms. The van der Waals surface area contributed by atoms with E-state index >= 15 is 0 Å². The Labute approximate surface area is 130 Å². The van der Waals surface area contributed by atoms with E-state index in [9.17, 15) is 22.8 Å². The first-order chi connectivity index (χ1) is 10.7. The highest BCUT2D eigenvalue weighted by atomic mass is 19.4. The predicted octanol–water partition coefficient (Wildman–Crippen LogP) is 3.38. The highest BCUT2D eigenvalue weighted by Gasteiger charge is 2.32. The van der Waals surface area contributed by atoms with Crippen molar-refractivity contribution in [2.45, 2.75) is 38.4 Å². The number of hydrazone groups is 1. The van der Waals surface area contributed by atoms with Gasteiger partial charge in [0.2, 0.25) is 5.91 Å². The van der Waals surface area contributed by atoms with Gasteiger partial charge in [-0.05, 0) is 31.0 Å². The molecule has 0 fully saturated rings. The molecular weight excluding hydrogens is 313 g/mol. The average molecular weight is 328 g/mol. The van der Waals surface area contributed by atoms with Crippen molar-refractivity contribution in [2.24, 2.45) is 5.10 Å². The van der Waals surface area contributed by atoms with Gasteiger partial charge < -0.3 is 5.11 Å². The zero-order valence-electron chi connectivity index (χ0n) is 12.3. The molecule has 1 aromatic rings. The van der Waals surface area contributed by atoms with E-state index in [0.717, 1.165) is 5.01 Å². The number of amides is 1. The molecule has 0 spiro atoms. The third-order valence-electron chi connectivity index (χ3n) is 3.56. The Bertz CT molecular complexity index is 638. The fraction of sp³-hybridized carbons (Fsp3) is 0.400. The highest BCUT2D eigenvalue weighted by molar-refractivity contribution is 6.05. The summed E-state index contributed by atoms with van der Waals surface area (Å²) < 4.78 is 36.7. The lowest BCUT2D eigenvalue weighted by Crippen LogP contribution is -2.24. The smallest absolute Gasteiger partial charge is 0.389 e. The van der Waals surface area contributed by atoms with Gasteiger partial charge in [0, 0.05) is 12.1 Å². The third kappa shape index (κ3) is 4.30. The number of hydrogen-bond acceptors (Lipinski definition) is 3. The average Bonchev–Trinajstić information content (AvgIpc) is 2.85. The summed E-state index contributed by atoms with van der Waals surface area (Å²) >= 11 is 0. The fourth-order valence-corrected chi connectivity index (χ4v) is 2.27. The molecule has 0 bridgehead atoms. The van der Waals surface area contributed by atoms with E-state index in [1.807, 2.05) is 0 Å². The van der Waals surface area contributed by atoms with Crippen molar-refractivity contribution in [3.8, 4) is 0 Å². The Morgan fingerprint density at radius 2 is 1.96 bits per heavy atom. The summed E-state index contributed by atoms with van der Waals surface area (Å²) in [5.74, 6) is -1.43. The quantitative estimate of drug-likeness (QED) is 0.901. The number of nitrogens with zero attached hydrogens (tertiary/aromatic N) is 2. The van der Waals surface area contributed by atoms with Crippen molar-refractivity contribution in [3.05, 3.63) is 35.4 Å². The van der Waals surface area contributed by atoms with Crippen LogP contribution in [0.1, 0.15) is 48.1 Å². The number of carboxylic acid groups (broad SMARTS) is 1. The summed E-state index contributed by atoms with van der Waals surface area (Å²) in [5.41, 5.74) is 0.980. The largest absolute Gasteiger partial charge is 0.478 e. The van der Waals surface area contributed by atoms with Crippen molar-refractivity contribution in [3.63, 3.8) is 0 Å². The Balaban J connectivity index is 2.09. The van der Waals surface area contributed by atoms with E-state index in [1.165, 1.54) is 12.1 Å². The summed E-state index contributed by atoms with van der Waals surface area (Å²) in [6, 6.07) is 5.45. The van der Waals surface area contributed by atoms with Crippen LogP contribution in [-0.2, 0) is 4.79 Å². The lowest BCUT2D eigenvalue weighted by Gasteiger charge is -2.21. The van der Waals surface area contributed by atoms with Gasteiger partial charge in [0.1, 0.15) is 0 Å². The topological polar surface area (TPSA) is 70.0 Å². The molecule has 2 rings (SSSR count). The van der Waals surface area contributed by atoms with Gasteiger partial charge in [-0.1, -0.05) is 12.1 Å². The van der Waals surface area contributed by atoms with E-state index in [2.05, 4.69) is 5.10 Å². The molecule has 1 N–H and O–H groups in total. The number of alkyl halides is 3. The van der Waals surface area contributed by atoms with Crippen LogP contribution >= 0.6 is 0 Å². The van der Waals surface area contributed by atoms with E-state index in [1.54, 1.807) is 19.1 Å². The van der Waals surface area contributed by atoms with Crippen LogP contribution < -0.4 is 0 Å². The highest BCUT2D eigenvalue weighted by Crippen LogP contribution is 2.28. The van der Waals surface area contributed by atoms with E-state index in [-0.39, 0.29) is 30.0 Å². The SMILES string of the molecule is CC(c1ccc(C(=O)O)cc1)N1N=C(CCC(F)(F)F)CC1=O. The first-order valence-corrected chi connectivity index (χ1v) is 6.96. The molecular formula is C15H15F3N2O3. The number of rotatable bonds is 5. The van der Waals surface area contributed by atoms with Crippen LogP contribution in [0.3, 0.4) is 0 Å². The number of benzene rings is 1. The van der Waals surface area contributed by atoms with Crippen molar-refractivity contribution < 1.29 is 27.9 Å². The summed E-state index contributed by atoms with van der Waals surface area (Å²) in [6.45, 7) is 1.68. The van der Waals surface area contributed by atoms with E-state index in [4.69, 9.17) is 5.11 Å². The summed E-state index contributed by atoms with van der Waals surface area (Å²) in [5, 5.41) is 14.0. The van der Waals surface area contributed by atoms with E-state index < -0.39 is 24.6 Å². The first kappa shape index (κ1) is 17.0. The first-order valence-electron chi connectivity index (χ1n) is 6.96. The van der Waals surface area contributed by atoms with Gasteiger partial charge in [0.15, 0.2) is 0 Å². The second-order valence-corrected chi connectivity index (χ2v) is 5.30. The van der Waals surface area contributed by atoms with Crippen molar-refractivity contribution in [1.29, 1.82) is 0 Å². The van der Waals surface area contributed by atoms with Gasteiger partial charge in [-0.3, -0.25) is 4.79 Å². The summed E-state index contributed by atoms with van der Waals surface area (Å²) in [7, 11) is 0. The molecule has 1 aliphatic heterocycles. The Morgan fingerprint density at radius 1 is 1.35 bits per heavy atom. The third-order valence-corrected chi connectivity index (χ3v) is 3.56. The minimum Gasteiger partial charge on any atom is -0.478 e. The maximum absolute atomic E-state index is 12.2. The molecule has 1 aliphatic rings. The fourth-order valence-electron chi connectivity index (χ4n) is 2.27. The maximum Gasteiger partial charge on any atom is 0.389 e. The monoisotopic (exact) mass is 328 g/mol. The molecule has 1 aromatic carbocycles. The second kappa shape index (κ2) is 6.39. The molecule has 0 aliphatic carbocycles. The molecule has 0 radical (unpaired) electrons. The Kier molecular flexibility index (Phi) is 4.72. The van der Waals surface area contributed by atoms with Crippen LogP contribution in [0, 0.1) is 0 Å². The minimum absolute atomic E-state index is 0.114.